The maximum Gasteiger partial charge on any atom is 0.255 e. The standard InChI is InChI=1S/C21H17F2N3O2/c1-12(17-10-24-20(27)16-9-19(23)18(22)8-15(16)17)25(2)21(28)13-5-6-14-4-3-7-26(14)11-13/h3-12H,1-2H3,(H,24,27)/t12-/m1/s1. The fraction of sp³-hybridized carbons (Fsp3) is 0.143. The molecule has 5 nitrogen and oxygen atoms in total. The van der Waals surface area contributed by atoms with Gasteiger partial charge in [-0.2, -0.15) is 0 Å². The molecule has 142 valence electrons. The number of aromatic amines is 1. The maximum atomic E-state index is 13.8. The number of carbonyl (C=O) groups excluding carboxylic acids is 1. The van der Waals surface area contributed by atoms with Gasteiger partial charge < -0.3 is 14.3 Å². The average Bonchev–Trinajstić information content (AvgIpc) is 3.16. The molecule has 0 unspecified atom stereocenters. The lowest BCUT2D eigenvalue weighted by Gasteiger charge is -2.26. The minimum Gasteiger partial charge on any atom is -0.335 e. The third kappa shape index (κ3) is 2.85. The maximum absolute atomic E-state index is 13.8. The summed E-state index contributed by atoms with van der Waals surface area (Å²) in [6.07, 6.45) is 5.02. The van der Waals surface area contributed by atoms with Crippen molar-refractivity contribution in [3.8, 4) is 0 Å². The molecule has 4 aromatic rings. The largest absolute Gasteiger partial charge is 0.335 e. The molecule has 0 aliphatic heterocycles. The summed E-state index contributed by atoms with van der Waals surface area (Å²) in [5.41, 5.74) is 1.46. The second-order valence-electron chi connectivity index (χ2n) is 6.74. The van der Waals surface area contributed by atoms with Gasteiger partial charge in [0.1, 0.15) is 0 Å². The van der Waals surface area contributed by atoms with Gasteiger partial charge in [0.05, 0.1) is 17.0 Å². The monoisotopic (exact) mass is 381 g/mol. The number of hydrogen-bond donors (Lipinski definition) is 1. The number of H-pyrrole nitrogens is 1. The lowest BCUT2D eigenvalue weighted by Crippen LogP contribution is -2.30. The summed E-state index contributed by atoms with van der Waals surface area (Å²) in [6, 6.07) is 8.78. The summed E-state index contributed by atoms with van der Waals surface area (Å²) in [7, 11) is 1.63. The molecule has 0 spiro atoms. The molecule has 1 N–H and O–H groups in total. The summed E-state index contributed by atoms with van der Waals surface area (Å²) < 4.78 is 29.2. The number of pyridine rings is 2. The summed E-state index contributed by atoms with van der Waals surface area (Å²) in [5, 5.41) is 0.313. The highest BCUT2D eigenvalue weighted by molar-refractivity contribution is 5.95. The second-order valence-corrected chi connectivity index (χ2v) is 6.74. The van der Waals surface area contributed by atoms with Crippen molar-refractivity contribution in [3.63, 3.8) is 0 Å². The van der Waals surface area contributed by atoms with Crippen LogP contribution < -0.4 is 5.56 Å². The average molecular weight is 381 g/mol. The van der Waals surface area contributed by atoms with E-state index < -0.39 is 23.2 Å². The molecule has 1 aromatic carbocycles. The van der Waals surface area contributed by atoms with Crippen molar-refractivity contribution in [2.45, 2.75) is 13.0 Å². The van der Waals surface area contributed by atoms with Gasteiger partial charge in [-0.25, -0.2) is 8.78 Å². The number of nitrogens with one attached hydrogen (secondary N) is 1. The van der Waals surface area contributed by atoms with E-state index in [0.717, 1.165) is 17.6 Å². The smallest absolute Gasteiger partial charge is 0.255 e. The van der Waals surface area contributed by atoms with Gasteiger partial charge in [0.25, 0.3) is 11.5 Å². The fourth-order valence-corrected chi connectivity index (χ4v) is 3.37. The molecule has 0 aliphatic carbocycles. The zero-order valence-corrected chi connectivity index (χ0v) is 15.2. The normalized spacial score (nSPS) is 12.4. The minimum absolute atomic E-state index is 0.0397. The number of aromatic nitrogens is 2. The molecular formula is C21H17F2N3O2. The van der Waals surface area contributed by atoms with Gasteiger partial charge in [-0.15, -0.1) is 0 Å². The van der Waals surface area contributed by atoms with E-state index in [9.17, 15) is 18.4 Å². The minimum atomic E-state index is -1.09. The van der Waals surface area contributed by atoms with Gasteiger partial charge in [-0.05, 0) is 54.3 Å². The molecule has 0 fully saturated rings. The predicted molar refractivity (Wildman–Crippen MR) is 102 cm³/mol. The molecule has 0 aliphatic rings. The number of benzene rings is 1. The first kappa shape index (κ1) is 17.9. The van der Waals surface area contributed by atoms with Gasteiger partial charge >= 0.3 is 0 Å². The van der Waals surface area contributed by atoms with Gasteiger partial charge in [0, 0.05) is 31.2 Å². The van der Waals surface area contributed by atoms with E-state index in [1.165, 1.54) is 11.1 Å². The molecular weight excluding hydrogens is 364 g/mol. The van der Waals surface area contributed by atoms with E-state index in [4.69, 9.17) is 0 Å². The predicted octanol–water partition coefficient (Wildman–Crippen LogP) is 3.89. The molecule has 3 heterocycles. The van der Waals surface area contributed by atoms with Gasteiger partial charge in [-0.1, -0.05) is 0 Å². The van der Waals surface area contributed by atoms with Crippen LogP contribution in [0.5, 0.6) is 0 Å². The van der Waals surface area contributed by atoms with E-state index >= 15 is 0 Å². The highest BCUT2D eigenvalue weighted by Gasteiger charge is 2.22. The Hall–Kier alpha value is -3.48. The molecule has 0 saturated carbocycles. The summed E-state index contributed by atoms with van der Waals surface area (Å²) in [4.78, 5) is 29.0. The summed E-state index contributed by atoms with van der Waals surface area (Å²) in [6.45, 7) is 1.76. The Labute approximate surface area is 158 Å². The number of hydrogen-bond acceptors (Lipinski definition) is 2. The van der Waals surface area contributed by atoms with E-state index in [2.05, 4.69) is 4.98 Å². The third-order valence-corrected chi connectivity index (χ3v) is 5.10. The van der Waals surface area contributed by atoms with Crippen LogP contribution in [0.4, 0.5) is 8.78 Å². The first-order chi connectivity index (χ1) is 13.4. The number of rotatable bonds is 3. The van der Waals surface area contributed by atoms with E-state index in [1.54, 1.807) is 26.2 Å². The topological polar surface area (TPSA) is 57.6 Å². The van der Waals surface area contributed by atoms with E-state index in [-0.39, 0.29) is 16.7 Å². The van der Waals surface area contributed by atoms with Crippen molar-refractivity contribution in [3.05, 3.63) is 88.1 Å². The van der Waals surface area contributed by atoms with Gasteiger partial charge in [0.15, 0.2) is 11.6 Å². The summed E-state index contributed by atoms with van der Waals surface area (Å²) >= 11 is 0. The Morgan fingerprint density at radius 3 is 2.61 bits per heavy atom. The molecule has 0 saturated heterocycles. The quantitative estimate of drug-likeness (QED) is 0.585. The number of fused-ring (bicyclic) bond motifs is 2. The molecule has 0 radical (unpaired) electrons. The lowest BCUT2D eigenvalue weighted by atomic mass is 10.0. The molecule has 4 rings (SSSR count). The van der Waals surface area contributed by atoms with Crippen LogP contribution in [-0.4, -0.2) is 27.2 Å². The molecule has 28 heavy (non-hydrogen) atoms. The Balaban J connectivity index is 1.75. The van der Waals surface area contributed by atoms with Crippen LogP contribution in [0.3, 0.4) is 0 Å². The van der Waals surface area contributed by atoms with Crippen LogP contribution in [0.2, 0.25) is 0 Å². The highest BCUT2D eigenvalue weighted by atomic mass is 19.2. The highest BCUT2D eigenvalue weighted by Crippen LogP contribution is 2.27. The fourth-order valence-electron chi connectivity index (χ4n) is 3.37. The van der Waals surface area contributed by atoms with Crippen LogP contribution in [0.15, 0.2) is 59.8 Å². The van der Waals surface area contributed by atoms with Gasteiger partial charge in [-0.3, -0.25) is 9.59 Å². The second kappa shape index (κ2) is 6.60. The van der Waals surface area contributed by atoms with Crippen molar-refractivity contribution in [1.29, 1.82) is 0 Å². The van der Waals surface area contributed by atoms with Crippen molar-refractivity contribution in [1.82, 2.24) is 14.3 Å². The van der Waals surface area contributed by atoms with Crippen LogP contribution in [0.25, 0.3) is 16.3 Å². The zero-order chi connectivity index (χ0) is 20.0. The van der Waals surface area contributed by atoms with Crippen molar-refractivity contribution < 1.29 is 13.6 Å². The Morgan fingerprint density at radius 1 is 1.14 bits per heavy atom. The van der Waals surface area contributed by atoms with Crippen LogP contribution >= 0.6 is 0 Å². The van der Waals surface area contributed by atoms with Crippen LogP contribution in [0.1, 0.15) is 28.9 Å². The number of amides is 1. The number of halogens is 2. The third-order valence-electron chi connectivity index (χ3n) is 5.10. The SMILES string of the molecule is C[C@H](c1c[nH]c(=O)c2cc(F)c(F)cc12)N(C)C(=O)c1ccc2cccn2c1. The lowest BCUT2D eigenvalue weighted by molar-refractivity contribution is 0.0743. The molecule has 1 atom stereocenters. The first-order valence-corrected chi connectivity index (χ1v) is 8.71. The number of nitrogens with zero attached hydrogens (tertiary/aromatic N) is 2. The van der Waals surface area contributed by atoms with Crippen molar-refractivity contribution in [2.24, 2.45) is 0 Å². The molecule has 3 aromatic heterocycles. The Bertz CT molecular complexity index is 1280. The van der Waals surface area contributed by atoms with Crippen LogP contribution in [-0.2, 0) is 0 Å². The molecule has 1 amide bonds. The zero-order valence-electron chi connectivity index (χ0n) is 15.2. The summed E-state index contributed by atoms with van der Waals surface area (Å²) in [5.74, 6) is -2.36. The van der Waals surface area contributed by atoms with E-state index in [0.29, 0.717) is 11.1 Å². The Morgan fingerprint density at radius 2 is 1.86 bits per heavy atom. The van der Waals surface area contributed by atoms with Crippen molar-refractivity contribution in [2.75, 3.05) is 7.05 Å². The van der Waals surface area contributed by atoms with Gasteiger partial charge in [0.2, 0.25) is 0 Å². The van der Waals surface area contributed by atoms with Crippen LogP contribution in [0, 0.1) is 11.6 Å². The molecule has 0 bridgehead atoms. The van der Waals surface area contributed by atoms with E-state index in [1.807, 2.05) is 28.8 Å². The Kier molecular flexibility index (Phi) is 4.22. The molecule has 7 heteroatoms. The van der Waals surface area contributed by atoms with Crippen molar-refractivity contribution >= 4 is 22.2 Å². The number of carbonyl (C=O) groups is 1. The first-order valence-electron chi connectivity index (χ1n) is 8.71.